The Bertz CT molecular complexity index is 765. The highest BCUT2D eigenvalue weighted by Crippen LogP contribution is 2.48. The molecule has 2 N–H and O–H groups in total. The Morgan fingerprint density at radius 3 is 2.62 bits per heavy atom. The molecule has 1 fully saturated rings. The summed E-state index contributed by atoms with van der Waals surface area (Å²) in [6, 6.07) is 12.6. The van der Waals surface area contributed by atoms with Gasteiger partial charge >= 0.3 is 0 Å². The number of pyridine rings is 1. The summed E-state index contributed by atoms with van der Waals surface area (Å²) in [4.78, 5) is 8.60. The van der Waals surface area contributed by atoms with Gasteiger partial charge in [0.1, 0.15) is 5.82 Å². The van der Waals surface area contributed by atoms with Crippen LogP contribution >= 0.6 is 24.0 Å². The normalized spacial score (nSPS) is 15.0. The Hall–Kier alpha value is -1.90. The molecule has 0 atom stereocenters. The molecule has 0 radical (unpaired) electrons. The third kappa shape index (κ3) is 4.84. The smallest absolute Gasteiger partial charge is 0.213 e. The predicted octanol–water partition coefficient (Wildman–Crippen LogP) is 3.24. The second kappa shape index (κ2) is 9.16. The minimum atomic E-state index is -0.134. The average molecular weight is 470 g/mol. The summed E-state index contributed by atoms with van der Waals surface area (Å²) in [6.07, 6.45) is 1.96. The third-order valence-corrected chi connectivity index (χ3v) is 4.54. The van der Waals surface area contributed by atoms with Crippen LogP contribution in [0.2, 0.25) is 0 Å². The van der Waals surface area contributed by atoms with Gasteiger partial charge in [-0.15, -0.1) is 24.0 Å². The van der Waals surface area contributed by atoms with Crippen molar-refractivity contribution in [1.29, 1.82) is 0 Å². The lowest BCUT2D eigenvalue weighted by Crippen LogP contribution is -2.41. The van der Waals surface area contributed by atoms with E-state index >= 15 is 0 Å². The van der Waals surface area contributed by atoms with Crippen LogP contribution in [0.15, 0.2) is 47.5 Å². The van der Waals surface area contributed by atoms with Crippen LogP contribution in [0.3, 0.4) is 0 Å². The van der Waals surface area contributed by atoms with Crippen LogP contribution in [-0.4, -0.2) is 31.6 Å². The molecule has 26 heavy (non-hydrogen) atoms. The molecular weight excluding hydrogens is 446 g/mol. The summed E-state index contributed by atoms with van der Waals surface area (Å²) in [7, 11) is 3.31. The van der Waals surface area contributed by atoms with Crippen LogP contribution in [0, 0.1) is 5.82 Å². The van der Waals surface area contributed by atoms with E-state index < -0.39 is 0 Å². The molecule has 0 unspecified atom stereocenters. The lowest BCUT2D eigenvalue weighted by atomic mass is 9.95. The molecule has 7 heteroatoms. The molecule has 1 aliphatic rings. The first-order valence-corrected chi connectivity index (χ1v) is 8.36. The number of hydrogen-bond donors (Lipinski definition) is 2. The number of halogens is 2. The van der Waals surface area contributed by atoms with Gasteiger partial charge < -0.3 is 15.4 Å². The fraction of sp³-hybridized carbons (Fsp3) is 0.368. The summed E-state index contributed by atoms with van der Waals surface area (Å²) in [5, 5.41) is 6.54. The van der Waals surface area contributed by atoms with Crippen LogP contribution in [0.5, 0.6) is 5.88 Å². The third-order valence-electron chi connectivity index (χ3n) is 4.54. The van der Waals surface area contributed by atoms with Crippen molar-refractivity contribution in [1.82, 2.24) is 15.6 Å². The van der Waals surface area contributed by atoms with Crippen LogP contribution in [0.1, 0.15) is 24.1 Å². The number of nitrogens with one attached hydrogen (secondary N) is 2. The fourth-order valence-corrected chi connectivity index (χ4v) is 2.90. The van der Waals surface area contributed by atoms with Crippen LogP contribution in [0.25, 0.3) is 0 Å². The standard InChI is InChI=1S/C19H23FN4O.HI/c1-21-18(22-12-14-6-5-9-17(24-14)25-2)23-13-19(10-11-19)15-7-3-4-8-16(15)20;/h3-9H,10-13H2,1-2H3,(H2,21,22,23);1H. The first kappa shape index (κ1) is 20.4. The van der Waals surface area contributed by atoms with Crippen molar-refractivity contribution in [3.63, 3.8) is 0 Å². The molecule has 1 heterocycles. The van der Waals surface area contributed by atoms with Crippen molar-refractivity contribution >= 4 is 29.9 Å². The van der Waals surface area contributed by atoms with Crippen LogP contribution in [0.4, 0.5) is 4.39 Å². The molecule has 3 rings (SSSR count). The second-order valence-corrected chi connectivity index (χ2v) is 6.21. The van der Waals surface area contributed by atoms with E-state index in [-0.39, 0.29) is 35.2 Å². The van der Waals surface area contributed by atoms with Crippen molar-refractivity contribution in [3.05, 3.63) is 59.5 Å². The topological polar surface area (TPSA) is 58.5 Å². The first-order chi connectivity index (χ1) is 12.2. The number of ether oxygens (including phenoxy) is 1. The molecular formula is C19H24FIN4O. The summed E-state index contributed by atoms with van der Waals surface area (Å²) in [5.41, 5.74) is 1.52. The highest BCUT2D eigenvalue weighted by molar-refractivity contribution is 14.0. The maximum Gasteiger partial charge on any atom is 0.213 e. The van der Waals surface area contributed by atoms with Crippen molar-refractivity contribution in [2.24, 2.45) is 4.99 Å². The van der Waals surface area contributed by atoms with E-state index in [4.69, 9.17) is 4.74 Å². The highest BCUT2D eigenvalue weighted by atomic mass is 127. The van der Waals surface area contributed by atoms with E-state index in [1.807, 2.05) is 30.3 Å². The quantitative estimate of drug-likeness (QED) is 0.387. The van der Waals surface area contributed by atoms with Gasteiger partial charge in [-0.3, -0.25) is 4.99 Å². The van der Waals surface area contributed by atoms with Crippen LogP contribution < -0.4 is 15.4 Å². The van der Waals surface area contributed by atoms with E-state index in [0.29, 0.717) is 24.9 Å². The van der Waals surface area contributed by atoms with E-state index in [1.165, 1.54) is 6.07 Å². The number of guanidine groups is 1. The highest BCUT2D eigenvalue weighted by Gasteiger charge is 2.45. The minimum Gasteiger partial charge on any atom is -0.481 e. The van der Waals surface area contributed by atoms with E-state index in [0.717, 1.165) is 24.1 Å². The number of aromatic nitrogens is 1. The Balaban J connectivity index is 0.00000243. The van der Waals surface area contributed by atoms with Gasteiger partial charge in [-0.25, -0.2) is 9.37 Å². The molecule has 0 aliphatic heterocycles. The molecule has 0 amide bonds. The Morgan fingerprint density at radius 1 is 1.19 bits per heavy atom. The van der Waals surface area contributed by atoms with Gasteiger partial charge in [0, 0.05) is 25.1 Å². The zero-order chi connectivity index (χ0) is 17.7. The van der Waals surface area contributed by atoms with Crippen molar-refractivity contribution in [2.45, 2.75) is 24.8 Å². The summed E-state index contributed by atoms with van der Waals surface area (Å²) >= 11 is 0. The molecule has 0 spiro atoms. The van der Waals surface area contributed by atoms with E-state index in [1.54, 1.807) is 20.2 Å². The van der Waals surface area contributed by atoms with Crippen molar-refractivity contribution in [2.75, 3.05) is 20.7 Å². The summed E-state index contributed by atoms with van der Waals surface area (Å²) in [6.45, 7) is 1.18. The molecule has 2 aromatic rings. The zero-order valence-electron chi connectivity index (χ0n) is 15.0. The predicted molar refractivity (Wildman–Crippen MR) is 112 cm³/mol. The van der Waals surface area contributed by atoms with Gasteiger partial charge in [-0.2, -0.15) is 0 Å². The first-order valence-electron chi connectivity index (χ1n) is 8.36. The number of methoxy groups -OCH3 is 1. The molecule has 0 bridgehead atoms. The van der Waals surface area contributed by atoms with Gasteiger partial charge in [-0.1, -0.05) is 24.3 Å². The van der Waals surface area contributed by atoms with Gasteiger partial charge in [0.25, 0.3) is 0 Å². The summed E-state index contributed by atoms with van der Waals surface area (Å²) < 4.78 is 19.2. The van der Waals surface area contributed by atoms with Gasteiger partial charge in [0.05, 0.1) is 19.3 Å². The number of nitrogens with zero attached hydrogens (tertiary/aromatic N) is 2. The summed E-state index contributed by atoms with van der Waals surface area (Å²) in [5.74, 6) is 1.12. The van der Waals surface area contributed by atoms with Crippen LogP contribution in [-0.2, 0) is 12.0 Å². The largest absolute Gasteiger partial charge is 0.481 e. The molecule has 5 nitrogen and oxygen atoms in total. The maximum atomic E-state index is 14.1. The minimum absolute atomic E-state index is 0. The van der Waals surface area contributed by atoms with Gasteiger partial charge in [0.15, 0.2) is 5.96 Å². The number of aliphatic imine (C=N–C) groups is 1. The van der Waals surface area contributed by atoms with Crippen molar-refractivity contribution in [3.8, 4) is 5.88 Å². The number of hydrogen-bond acceptors (Lipinski definition) is 3. The van der Waals surface area contributed by atoms with E-state index in [9.17, 15) is 4.39 Å². The number of benzene rings is 1. The van der Waals surface area contributed by atoms with Gasteiger partial charge in [0.2, 0.25) is 5.88 Å². The van der Waals surface area contributed by atoms with Gasteiger partial charge in [-0.05, 0) is 30.5 Å². The number of rotatable bonds is 6. The maximum absolute atomic E-state index is 14.1. The Kier molecular flexibility index (Phi) is 7.19. The molecule has 140 valence electrons. The second-order valence-electron chi connectivity index (χ2n) is 6.21. The molecule has 0 saturated heterocycles. The molecule has 1 aromatic carbocycles. The monoisotopic (exact) mass is 470 g/mol. The zero-order valence-corrected chi connectivity index (χ0v) is 17.3. The molecule has 1 aromatic heterocycles. The fourth-order valence-electron chi connectivity index (χ4n) is 2.90. The lowest BCUT2D eigenvalue weighted by Gasteiger charge is -2.19. The average Bonchev–Trinajstić information content (AvgIpc) is 3.43. The SMILES string of the molecule is CN=C(NCc1cccc(OC)n1)NCC1(c2ccccc2F)CC1.I. The Morgan fingerprint density at radius 2 is 1.96 bits per heavy atom. The lowest BCUT2D eigenvalue weighted by molar-refractivity contribution is 0.396. The Labute approximate surface area is 170 Å². The van der Waals surface area contributed by atoms with E-state index in [2.05, 4.69) is 20.6 Å². The van der Waals surface area contributed by atoms with Crippen molar-refractivity contribution < 1.29 is 9.13 Å². The molecule has 1 aliphatic carbocycles. The molecule has 1 saturated carbocycles.